The highest BCUT2D eigenvalue weighted by Crippen LogP contribution is 2.36. The van der Waals surface area contributed by atoms with Crippen molar-refractivity contribution in [2.75, 3.05) is 33.8 Å². The van der Waals surface area contributed by atoms with Crippen LogP contribution in [0.5, 0.6) is 0 Å². The van der Waals surface area contributed by atoms with Crippen LogP contribution >= 0.6 is 0 Å². The SMILES string of the molecule is CCN1CCCCC(CNC)C1c1ccccc1COC. The first kappa shape index (κ1) is 16.5. The molecule has 1 heterocycles. The molecule has 2 rings (SSSR count). The van der Waals surface area contributed by atoms with Gasteiger partial charge < -0.3 is 10.1 Å². The maximum absolute atomic E-state index is 5.42. The Balaban J connectivity index is 2.37. The molecule has 0 aliphatic carbocycles. The van der Waals surface area contributed by atoms with E-state index in [0.717, 1.165) is 13.1 Å². The summed E-state index contributed by atoms with van der Waals surface area (Å²) in [5, 5.41) is 3.40. The average molecular weight is 290 g/mol. The molecule has 2 atom stereocenters. The number of benzene rings is 1. The van der Waals surface area contributed by atoms with E-state index in [0.29, 0.717) is 18.6 Å². The van der Waals surface area contributed by atoms with E-state index in [4.69, 9.17) is 4.74 Å². The molecule has 0 amide bonds. The Labute approximate surface area is 129 Å². The molecule has 0 spiro atoms. The van der Waals surface area contributed by atoms with Crippen LogP contribution in [0.4, 0.5) is 0 Å². The third kappa shape index (κ3) is 4.06. The lowest BCUT2D eigenvalue weighted by Gasteiger charge is -2.36. The first-order valence-electron chi connectivity index (χ1n) is 8.27. The summed E-state index contributed by atoms with van der Waals surface area (Å²) in [6.07, 6.45) is 3.96. The lowest BCUT2D eigenvalue weighted by molar-refractivity contribution is 0.152. The van der Waals surface area contributed by atoms with Crippen LogP contribution in [0.1, 0.15) is 43.4 Å². The summed E-state index contributed by atoms with van der Waals surface area (Å²) in [5.41, 5.74) is 2.80. The molecule has 1 aromatic rings. The number of hydrogen-bond acceptors (Lipinski definition) is 3. The molecule has 1 fully saturated rings. The molecule has 1 aromatic carbocycles. The Morgan fingerprint density at radius 2 is 2.10 bits per heavy atom. The third-order valence-electron chi connectivity index (χ3n) is 4.66. The second-order valence-electron chi connectivity index (χ2n) is 6.02. The standard InChI is InChI=1S/C18H30N2O/c1-4-20-12-8-7-9-15(13-19-2)18(20)17-11-6-5-10-16(17)14-21-3/h5-6,10-11,15,18-19H,4,7-9,12-14H2,1-3H3. The molecule has 0 bridgehead atoms. The maximum Gasteiger partial charge on any atom is 0.0716 e. The van der Waals surface area contributed by atoms with Gasteiger partial charge in [-0.1, -0.05) is 37.6 Å². The summed E-state index contributed by atoms with van der Waals surface area (Å²) in [4.78, 5) is 2.66. The van der Waals surface area contributed by atoms with E-state index in [1.807, 2.05) is 0 Å². The second-order valence-corrected chi connectivity index (χ2v) is 6.02. The molecule has 118 valence electrons. The van der Waals surface area contributed by atoms with E-state index in [1.54, 1.807) is 7.11 Å². The van der Waals surface area contributed by atoms with Crippen molar-refractivity contribution < 1.29 is 4.74 Å². The smallest absolute Gasteiger partial charge is 0.0716 e. The van der Waals surface area contributed by atoms with Crippen LogP contribution in [-0.4, -0.2) is 38.7 Å². The van der Waals surface area contributed by atoms with Gasteiger partial charge in [0.2, 0.25) is 0 Å². The predicted octanol–water partition coefficient (Wildman–Crippen LogP) is 3.22. The van der Waals surface area contributed by atoms with Crippen molar-refractivity contribution in [3.8, 4) is 0 Å². The van der Waals surface area contributed by atoms with E-state index in [-0.39, 0.29) is 0 Å². The average Bonchev–Trinajstić information content (AvgIpc) is 2.71. The quantitative estimate of drug-likeness (QED) is 0.870. The molecule has 3 heteroatoms. The molecule has 0 aromatic heterocycles. The fourth-order valence-electron chi connectivity index (χ4n) is 3.71. The summed E-state index contributed by atoms with van der Waals surface area (Å²) in [7, 11) is 3.85. The molecule has 3 nitrogen and oxygen atoms in total. The van der Waals surface area contributed by atoms with Gasteiger partial charge in [0.15, 0.2) is 0 Å². The van der Waals surface area contributed by atoms with Crippen LogP contribution in [0.3, 0.4) is 0 Å². The van der Waals surface area contributed by atoms with Gasteiger partial charge in [-0.25, -0.2) is 0 Å². The second kappa shape index (κ2) is 8.52. The molecule has 21 heavy (non-hydrogen) atoms. The molecule has 2 unspecified atom stereocenters. The topological polar surface area (TPSA) is 24.5 Å². The number of nitrogens with one attached hydrogen (secondary N) is 1. The van der Waals surface area contributed by atoms with Crippen molar-refractivity contribution in [3.05, 3.63) is 35.4 Å². The van der Waals surface area contributed by atoms with Gasteiger partial charge in [0.25, 0.3) is 0 Å². The van der Waals surface area contributed by atoms with Gasteiger partial charge in [-0.2, -0.15) is 0 Å². The Morgan fingerprint density at radius 3 is 2.81 bits per heavy atom. The van der Waals surface area contributed by atoms with Crippen LogP contribution < -0.4 is 5.32 Å². The summed E-state index contributed by atoms with van der Waals surface area (Å²) in [6.45, 7) is 6.40. The zero-order valence-corrected chi connectivity index (χ0v) is 13.8. The van der Waals surface area contributed by atoms with Crippen molar-refractivity contribution in [3.63, 3.8) is 0 Å². The van der Waals surface area contributed by atoms with Crippen LogP contribution in [0, 0.1) is 5.92 Å². The van der Waals surface area contributed by atoms with Gasteiger partial charge in [0.1, 0.15) is 0 Å². The summed E-state index contributed by atoms with van der Waals surface area (Å²) >= 11 is 0. The predicted molar refractivity (Wildman–Crippen MR) is 88.4 cm³/mol. The minimum absolute atomic E-state index is 0.510. The van der Waals surface area contributed by atoms with Gasteiger partial charge in [0, 0.05) is 13.2 Å². The maximum atomic E-state index is 5.42. The summed E-state index contributed by atoms with van der Waals surface area (Å²) < 4.78 is 5.42. The van der Waals surface area contributed by atoms with E-state index >= 15 is 0 Å². The van der Waals surface area contributed by atoms with Gasteiger partial charge in [-0.3, -0.25) is 4.90 Å². The Kier molecular flexibility index (Phi) is 6.68. The normalized spacial score (nSPS) is 24.0. The Bertz CT molecular complexity index is 421. The number of rotatable bonds is 6. The molecule has 0 radical (unpaired) electrons. The molecule has 1 aliphatic heterocycles. The van der Waals surface area contributed by atoms with E-state index in [2.05, 4.69) is 48.5 Å². The third-order valence-corrected chi connectivity index (χ3v) is 4.66. The Hall–Kier alpha value is -0.900. The monoisotopic (exact) mass is 290 g/mol. The lowest BCUT2D eigenvalue weighted by Crippen LogP contribution is -2.36. The highest BCUT2D eigenvalue weighted by atomic mass is 16.5. The van der Waals surface area contributed by atoms with Crippen molar-refractivity contribution in [1.82, 2.24) is 10.2 Å². The molecular formula is C18H30N2O. The molecule has 1 N–H and O–H groups in total. The van der Waals surface area contributed by atoms with Crippen LogP contribution in [0.25, 0.3) is 0 Å². The number of hydrogen-bond donors (Lipinski definition) is 1. The summed E-state index contributed by atoms with van der Waals surface area (Å²) in [6, 6.07) is 9.32. The number of likely N-dealkylation sites (tertiary alicyclic amines) is 1. The van der Waals surface area contributed by atoms with Crippen molar-refractivity contribution in [2.45, 2.75) is 38.8 Å². The number of ether oxygens (including phenoxy) is 1. The zero-order valence-electron chi connectivity index (χ0n) is 13.8. The molecule has 1 saturated heterocycles. The van der Waals surface area contributed by atoms with E-state index < -0.39 is 0 Å². The van der Waals surface area contributed by atoms with Crippen molar-refractivity contribution in [1.29, 1.82) is 0 Å². The molecular weight excluding hydrogens is 260 g/mol. The fraction of sp³-hybridized carbons (Fsp3) is 0.667. The van der Waals surface area contributed by atoms with Gasteiger partial charge in [0.05, 0.1) is 6.61 Å². The fourth-order valence-corrected chi connectivity index (χ4v) is 3.71. The minimum Gasteiger partial charge on any atom is -0.380 e. The van der Waals surface area contributed by atoms with Crippen molar-refractivity contribution in [2.24, 2.45) is 5.92 Å². The van der Waals surface area contributed by atoms with E-state index in [9.17, 15) is 0 Å². The minimum atomic E-state index is 0.510. The van der Waals surface area contributed by atoms with Crippen LogP contribution in [0.2, 0.25) is 0 Å². The zero-order chi connectivity index (χ0) is 15.1. The summed E-state index contributed by atoms with van der Waals surface area (Å²) in [5.74, 6) is 0.676. The largest absolute Gasteiger partial charge is 0.380 e. The molecule has 1 aliphatic rings. The lowest BCUT2D eigenvalue weighted by atomic mass is 9.86. The first-order chi connectivity index (χ1) is 10.3. The number of nitrogens with zero attached hydrogens (tertiary/aromatic N) is 1. The van der Waals surface area contributed by atoms with Gasteiger partial charge in [-0.15, -0.1) is 0 Å². The Morgan fingerprint density at radius 1 is 1.29 bits per heavy atom. The molecule has 0 saturated carbocycles. The van der Waals surface area contributed by atoms with E-state index in [1.165, 1.54) is 36.9 Å². The highest BCUT2D eigenvalue weighted by molar-refractivity contribution is 5.30. The van der Waals surface area contributed by atoms with Gasteiger partial charge in [-0.05, 0) is 56.6 Å². The highest BCUT2D eigenvalue weighted by Gasteiger charge is 2.31. The number of methoxy groups -OCH3 is 1. The van der Waals surface area contributed by atoms with Crippen LogP contribution in [0.15, 0.2) is 24.3 Å². The van der Waals surface area contributed by atoms with Gasteiger partial charge >= 0.3 is 0 Å². The van der Waals surface area contributed by atoms with Crippen molar-refractivity contribution >= 4 is 0 Å². The van der Waals surface area contributed by atoms with Crippen LogP contribution in [-0.2, 0) is 11.3 Å². The first-order valence-corrected chi connectivity index (χ1v) is 8.27.